The zero-order valence-electron chi connectivity index (χ0n) is 14.8. The van der Waals surface area contributed by atoms with Gasteiger partial charge < -0.3 is 9.84 Å². The van der Waals surface area contributed by atoms with E-state index in [0.29, 0.717) is 11.0 Å². The van der Waals surface area contributed by atoms with Gasteiger partial charge in [0.2, 0.25) is 0 Å². The number of benzene rings is 1. The molecule has 0 amide bonds. The van der Waals surface area contributed by atoms with Gasteiger partial charge in [-0.3, -0.25) is 0 Å². The van der Waals surface area contributed by atoms with Crippen LogP contribution in [-0.2, 0) is 5.60 Å². The van der Waals surface area contributed by atoms with Crippen molar-refractivity contribution in [2.75, 3.05) is 6.61 Å². The molecule has 4 bridgehead atoms. The zero-order chi connectivity index (χ0) is 17.1. The van der Waals surface area contributed by atoms with Crippen LogP contribution in [0.25, 0.3) is 0 Å². The molecule has 0 unspecified atom stereocenters. The van der Waals surface area contributed by atoms with Crippen LogP contribution in [-0.4, -0.2) is 11.7 Å². The van der Waals surface area contributed by atoms with E-state index < -0.39 is 5.60 Å². The summed E-state index contributed by atoms with van der Waals surface area (Å²) in [4.78, 5) is 0. The molecular formula is C22H27NO2. The lowest BCUT2D eigenvalue weighted by molar-refractivity contribution is -0.0770. The van der Waals surface area contributed by atoms with Gasteiger partial charge in [0, 0.05) is 11.0 Å². The van der Waals surface area contributed by atoms with E-state index in [4.69, 9.17) is 4.74 Å². The quantitative estimate of drug-likeness (QED) is 0.878. The molecule has 1 N–H and O–H groups in total. The number of aliphatic hydroxyl groups is 1. The van der Waals surface area contributed by atoms with Crippen molar-refractivity contribution in [3.8, 4) is 11.8 Å². The summed E-state index contributed by atoms with van der Waals surface area (Å²) in [6.45, 7) is 0.783. The minimum absolute atomic E-state index is 0.363. The van der Waals surface area contributed by atoms with Crippen molar-refractivity contribution < 1.29 is 9.84 Å². The van der Waals surface area contributed by atoms with Gasteiger partial charge in [0.05, 0.1) is 23.8 Å². The molecule has 1 aromatic rings. The maximum absolute atomic E-state index is 10.9. The van der Waals surface area contributed by atoms with Crippen LogP contribution in [0, 0.1) is 34.5 Å². The topological polar surface area (TPSA) is 53.2 Å². The van der Waals surface area contributed by atoms with Crippen molar-refractivity contribution in [1.82, 2.24) is 0 Å². The van der Waals surface area contributed by atoms with E-state index in [1.54, 1.807) is 0 Å². The van der Waals surface area contributed by atoms with E-state index in [2.05, 4.69) is 6.07 Å². The van der Waals surface area contributed by atoms with E-state index >= 15 is 0 Å². The molecular weight excluding hydrogens is 310 g/mol. The average molecular weight is 337 g/mol. The molecule has 5 aliphatic carbocycles. The smallest absolute Gasteiger partial charge is 0.125 e. The standard InChI is InChI=1S/C22H27NO2/c23-13-15-2-3-20(19(9-15)22(24)4-1-5-22)25-14-21-10-16-6-17(11-21)8-18(7-16)12-21/h2-3,9,16-18,24H,1,4-8,10-12,14H2. The zero-order valence-corrected chi connectivity index (χ0v) is 14.8. The Labute approximate surface area is 150 Å². The van der Waals surface area contributed by atoms with Gasteiger partial charge in [0.25, 0.3) is 0 Å². The third-order valence-electron chi connectivity index (χ3n) is 7.49. The van der Waals surface area contributed by atoms with Gasteiger partial charge in [-0.15, -0.1) is 0 Å². The molecule has 0 radical (unpaired) electrons. The maximum Gasteiger partial charge on any atom is 0.125 e. The van der Waals surface area contributed by atoms with Crippen molar-refractivity contribution in [2.45, 2.75) is 63.4 Å². The second-order valence-corrected chi connectivity index (χ2v) is 9.41. The number of nitriles is 1. The first-order valence-corrected chi connectivity index (χ1v) is 9.97. The monoisotopic (exact) mass is 337 g/mol. The van der Waals surface area contributed by atoms with Gasteiger partial charge in [-0.25, -0.2) is 0 Å². The molecule has 5 fully saturated rings. The molecule has 0 spiro atoms. The molecule has 5 aliphatic rings. The third kappa shape index (κ3) is 2.57. The fourth-order valence-electron chi connectivity index (χ4n) is 6.57. The highest BCUT2D eigenvalue weighted by atomic mass is 16.5. The summed E-state index contributed by atoms with van der Waals surface area (Å²) in [6, 6.07) is 7.77. The molecule has 0 heterocycles. The highest BCUT2D eigenvalue weighted by molar-refractivity contribution is 5.46. The van der Waals surface area contributed by atoms with Crippen LogP contribution in [0.4, 0.5) is 0 Å². The first-order valence-electron chi connectivity index (χ1n) is 9.97. The number of nitrogens with zero attached hydrogens (tertiary/aromatic N) is 1. The molecule has 132 valence electrons. The van der Waals surface area contributed by atoms with E-state index in [1.165, 1.54) is 38.5 Å². The van der Waals surface area contributed by atoms with Crippen LogP contribution in [0.5, 0.6) is 5.75 Å². The lowest BCUT2D eigenvalue weighted by atomic mass is 9.50. The molecule has 3 nitrogen and oxygen atoms in total. The van der Waals surface area contributed by atoms with Crippen molar-refractivity contribution in [2.24, 2.45) is 23.2 Å². The summed E-state index contributed by atoms with van der Waals surface area (Å²) < 4.78 is 6.37. The van der Waals surface area contributed by atoms with Crippen LogP contribution < -0.4 is 4.74 Å². The molecule has 0 aliphatic heterocycles. The van der Waals surface area contributed by atoms with Gasteiger partial charge in [0.15, 0.2) is 0 Å². The van der Waals surface area contributed by atoms with Crippen LogP contribution in [0.2, 0.25) is 0 Å². The Hall–Kier alpha value is -1.53. The van der Waals surface area contributed by atoms with Crippen molar-refractivity contribution in [3.63, 3.8) is 0 Å². The van der Waals surface area contributed by atoms with E-state index in [9.17, 15) is 10.4 Å². The van der Waals surface area contributed by atoms with Crippen LogP contribution in [0.15, 0.2) is 18.2 Å². The predicted molar refractivity (Wildman–Crippen MR) is 95.0 cm³/mol. The van der Waals surface area contributed by atoms with Gasteiger partial charge in [-0.1, -0.05) is 0 Å². The molecule has 6 rings (SSSR count). The van der Waals surface area contributed by atoms with E-state index in [0.717, 1.165) is 54.9 Å². The Bertz CT molecular complexity index is 693. The summed E-state index contributed by atoms with van der Waals surface area (Å²) in [6.07, 6.45) is 10.9. The second kappa shape index (κ2) is 5.48. The van der Waals surface area contributed by atoms with Gasteiger partial charge in [-0.2, -0.15) is 5.26 Å². The minimum atomic E-state index is -0.788. The Kier molecular flexibility index (Phi) is 3.44. The Morgan fingerprint density at radius 1 is 1.08 bits per heavy atom. The summed E-state index contributed by atoms with van der Waals surface area (Å²) in [5, 5.41) is 20.1. The summed E-state index contributed by atoms with van der Waals surface area (Å²) in [7, 11) is 0. The predicted octanol–water partition coefficient (Wildman–Crippen LogP) is 4.52. The van der Waals surface area contributed by atoms with Crippen molar-refractivity contribution in [3.05, 3.63) is 29.3 Å². The van der Waals surface area contributed by atoms with Crippen LogP contribution in [0.1, 0.15) is 68.9 Å². The number of hydrogen-bond acceptors (Lipinski definition) is 3. The molecule has 0 saturated heterocycles. The van der Waals surface area contributed by atoms with Crippen molar-refractivity contribution >= 4 is 0 Å². The molecule has 0 aromatic heterocycles. The van der Waals surface area contributed by atoms with E-state index in [-0.39, 0.29) is 0 Å². The van der Waals surface area contributed by atoms with Crippen LogP contribution in [0.3, 0.4) is 0 Å². The Morgan fingerprint density at radius 2 is 1.72 bits per heavy atom. The summed E-state index contributed by atoms with van der Waals surface area (Å²) >= 11 is 0. The lowest BCUT2D eigenvalue weighted by Gasteiger charge is -2.56. The molecule has 3 heteroatoms. The number of rotatable bonds is 4. The largest absolute Gasteiger partial charge is 0.493 e. The normalized spacial score (nSPS) is 37.4. The SMILES string of the molecule is N#Cc1ccc(OCC23CC4CC(CC(C4)C2)C3)c(C2(O)CCC2)c1. The second-order valence-electron chi connectivity index (χ2n) is 9.41. The minimum Gasteiger partial charge on any atom is -0.493 e. The molecule has 0 atom stereocenters. The highest BCUT2D eigenvalue weighted by Crippen LogP contribution is 2.60. The van der Waals surface area contributed by atoms with Crippen LogP contribution >= 0.6 is 0 Å². The maximum atomic E-state index is 10.9. The highest BCUT2D eigenvalue weighted by Gasteiger charge is 2.51. The average Bonchev–Trinajstić information content (AvgIpc) is 2.56. The van der Waals surface area contributed by atoms with E-state index in [1.807, 2.05) is 18.2 Å². The summed E-state index contributed by atoms with van der Waals surface area (Å²) in [5.41, 5.74) is 1.02. The first kappa shape index (κ1) is 15.7. The summed E-state index contributed by atoms with van der Waals surface area (Å²) in [5.74, 6) is 3.57. The molecule has 5 saturated carbocycles. The Balaban J connectivity index is 1.39. The van der Waals surface area contributed by atoms with Crippen molar-refractivity contribution in [1.29, 1.82) is 5.26 Å². The number of hydrogen-bond donors (Lipinski definition) is 1. The Morgan fingerprint density at radius 3 is 2.24 bits per heavy atom. The first-order chi connectivity index (χ1) is 12.1. The lowest BCUT2D eigenvalue weighted by Crippen LogP contribution is -2.48. The fraction of sp³-hybridized carbons (Fsp3) is 0.682. The third-order valence-corrected chi connectivity index (χ3v) is 7.49. The van der Waals surface area contributed by atoms with Gasteiger partial charge >= 0.3 is 0 Å². The van der Waals surface area contributed by atoms with Gasteiger partial charge in [-0.05, 0) is 93.7 Å². The molecule has 1 aromatic carbocycles. The fourth-order valence-corrected chi connectivity index (χ4v) is 6.57. The number of ether oxygens (including phenoxy) is 1. The van der Waals surface area contributed by atoms with Gasteiger partial charge in [0.1, 0.15) is 5.75 Å². The molecule has 25 heavy (non-hydrogen) atoms.